The molecule has 1 aromatic carbocycles. The minimum absolute atomic E-state index is 0.384. The lowest BCUT2D eigenvalue weighted by Gasteiger charge is -2.13. The smallest absolute Gasteiger partial charge is 0.318 e. The van der Waals surface area contributed by atoms with Gasteiger partial charge in [0.1, 0.15) is 0 Å². The molecule has 0 radical (unpaired) electrons. The minimum Gasteiger partial charge on any atom is -0.407 e. The fourth-order valence-corrected chi connectivity index (χ4v) is 1.95. The summed E-state index contributed by atoms with van der Waals surface area (Å²) in [5.74, 6) is 0.589. The number of anilines is 1. The Morgan fingerprint density at radius 2 is 2.15 bits per heavy atom. The van der Waals surface area contributed by atoms with Crippen molar-refractivity contribution in [2.75, 3.05) is 11.9 Å². The highest BCUT2D eigenvalue weighted by Crippen LogP contribution is 2.16. The highest BCUT2D eigenvalue weighted by atomic mass is 35.5. The molecule has 6 heteroatoms. The number of benzene rings is 1. The van der Waals surface area contributed by atoms with Crippen molar-refractivity contribution in [1.29, 1.82) is 0 Å². The van der Waals surface area contributed by atoms with Crippen molar-refractivity contribution in [3.05, 3.63) is 40.7 Å². The van der Waals surface area contributed by atoms with Gasteiger partial charge in [0, 0.05) is 24.7 Å². The van der Waals surface area contributed by atoms with Gasteiger partial charge in [-0.3, -0.25) is 0 Å². The zero-order chi connectivity index (χ0) is 14.5. The maximum atomic E-state index is 5.97. The van der Waals surface area contributed by atoms with Gasteiger partial charge >= 0.3 is 6.01 Å². The minimum atomic E-state index is 0.384. The van der Waals surface area contributed by atoms with E-state index < -0.39 is 0 Å². The Labute approximate surface area is 123 Å². The van der Waals surface area contributed by atoms with Gasteiger partial charge in [0.2, 0.25) is 5.89 Å². The number of nitrogens with zero attached hydrogens (tertiary/aromatic N) is 3. The van der Waals surface area contributed by atoms with E-state index >= 15 is 0 Å². The van der Waals surface area contributed by atoms with Crippen LogP contribution in [-0.2, 0) is 13.1 Å². The average Bonchev–Trinajstić information content (AvgIpc) is 2.85. The van der Waals surface area contributed by atoms with Crippen LogP contribution in [0.2, 0.25) is 5.02 Å². The maximum Gasteiger partial charge on any atom is 0.318 e. The van der Waals surface area contributed by atoms with Crippen LogP contribution >= 0.6 is 11.6 Å². The normalized spacial score (nSPS) is 11.1. The van der Waals surface area contributed by atoms with Gasteiger partial charge in [0.15, 0.2) is 0 Å². The van der Waals surface area contributed by atoms with Crippen molar-refractivity contribution >= 4 is 17.6 Å². The highest BCUT2D eigenvalue weighted by Gasteiger charge is 2.11. The molecule has 0 aliphatic carbocycles. The topological polar surface area (TPSA) is 54.2 Å². The van der Waals surface area contributed by atoms with Gasteiger partial charge in [0.25, 0.3) is 0 Å². The van der Waals surface area contributed by atoms with E-state index in [2.05, 4.69) is 29.4 Å². The van der Waals surface area contributed by atoms with E-state index in [1.54, 1.807) is 0 Å². The van der Waals surface area contributed by atoms with Gasteiger partial charge in [-0.15, -0.1) is 5.10 Å². The number of hydrogen-bond donors (Lipinski definition) is 1. The zero-order valence-electron chi connectivity index (χ0n) is 11.9. The van der Waals surface area contributed by atoms with Crippen LogP contribution in [0.4, 0.5) is 6.01 Å². The Morgan fingerprint density at radius 3 is 2.85 bits per heavy atom. The molecule has 0 fully saturated rings. The first-order valence-electron chi connectivity index (χ1n) is 6.56. The second-order valence-electron chi connectivity index (χ2n) is 5.00. The standard InChI is InChI=1S/C14H19ClN4O/c1-10(2)16-8-13-17-18-14(20-13)19(3)9-11-5-4-6-12(15)7-11/h4-7,10,16H,8-9H2,1-3H3. The third kappa shape index (κ3) is 4.21. The SMILES string of the molecule is CC(C)NCc1nnc(N(C)Cc2cccc(Cl)c2)o1. The summed E-state index contributed by atoms with van der Waals surface area (Å²) in [6.45, 7) is 5.39. The highest BCUT2D eigenvalue weighted by molar-refractivity contribution is 6.30. The molecule has 0 aliphatic heterocycles. The molecule has 20 heavy (non-hydrogen) atoms. The lowest BCUT2D eigenvalue weighted by molar-refractivity contribution is 0.449. The van der Waals surface area contributed by atoms with E-state index in [-0.39, 0.29) is 0 Å². The molecule has 0 saturated heterocycles. The number of hydrogen-bond acceptors (Lipinski definition) is 5. The molecule has 108 valence electrons. The Kier molecular flexibility index (Phi) is 4.98. The average molecular weight is 295 g/mol. The summed E-state index contributed by atoms with van der Waals surface area (Å²) in [5.41, 5.74) is 1.10. The van der Waals surface area contributed by atoms with Gasteiger partial charge in [-0.05, 0) is 17.7 Å². The van der Waals surface area contributed by atoms with E-state index in [1.807, 2.05) is 36.2 Å². The first-order valence-corrected chi connectivity index (χ1v) is 6.93. The second kappa shape index (κ2) is 6.72. The predicted octanol–water partition coefficient (Wildman–Crippen LogP) is 2.86. The van der Waals surface area contributed by atoms with Crippen molar-refractivity contribution in [3.8, 4) is 0 Å². The number of aromatic nitrogens is 2. The van der Waals surface area contributed by atoms with Crippen LogP contribution in [0.1, 0.15) is 25.3 Å². The maximum absolute atomic E-state index is 5.97. The molecule has 0 amide bonds. The molecule has 1 aromatic heterocycles. The second-order valence-corrected chi connectivity index (χ2v) is 5.44. The zero-order valence-corrected chi connectivity index (χ0v) is 12.7. The van der Waals surface area contributed by atoms with Crippen molar-refractivity contribution < 1.29 is 4.42 Å². The molecule has 0 saturated carbocycles. The molecule has 1 heterocycles. The van der Waals surface area contributed by atoms with Crippen LogP contribution in [0.25, 0.3) is 0 Å². The third-order valence-corrected chi connectivity index (χ3v) is 2.99. The van der Waals surface area contributed by atoms with E-state index in [4.69, 9.17) is 16.0 Å². The molecule has 0 spiro atoms. The Balaban J connectivity index is 1.97. The van der Waals surface area contributed by atoms with Crippen LogP contribution in [0.15, 0.2) is 28.7 Å². The molecule has 0 aliphatic rings. The van der Waals surface area contributed by atoms with Crippen LogP contribution in [0.3, 0.4) is 0 Å². The summed E-state index contributed by atoms with van der Waals surface area (Å²) in [6, 6.07) is 8.61. The molecule has 0 atom stereocenters. The fraction of sp³-hybridized carbons (Fsp3) is 0.429. The predicted molar refractivity (Wildman–Crippen MR) is 79.8 cm³/mol. The monoisotopic (exact) mass is 294 g/mol. The van der Waals surface area contributed by atoms with Crippen molar-refractivity contribution in [3.63, 3.8) is 0 Å². The number of halogens is 1. The van der Waals surface area contributed by atoms with Crippen molar-refractivity contribution in [2.45, 2.75) is 33.0 Å². The number of nitrogens with one attached hydrogen (secondary N) is 1. The van der Waals surface area contributed by atoms with Crippen molar-refractivity contribution in [2.24, 2.45) is 0 Å². The fourth-order valence-electron chi connectivity index (χ4n) is 1.74. The number of rotatable bonds is 6. The molecule has 2 rings (SSSR count). The molecule has 0 bridgehead atoms. The molecule has 5 nitrogen and oxygen atoms in total. The molecular formula is C14H19ClN4O. The van der Waals surface area contributed by atoms with Crippen molar-refractivity contribution in [1.82, 2.24) is 15.5 Å². The lowest BCUT2D eigenvalue weighted by atomic mass is 10.2. The summed E-state index contributed by atoms with van der Waals surface area (Å²) < 4.78 is 5.61. The third-order valence-electron chi connectivity index (χ3n) is 2.75. The van der Waals surface area contributed by atoms with Gasteiger partial charge in [0.05, 0.1) is 6.54 Å². The summed E-state index contributed by atoms with van der Waals surface area (Å²) in [6.07, 6.45) is 0. The van der Waals surface area contributed by atoms with Crippen LogP contribution in [0, 0.1) is 0 Å². The van der Waals surface area contributed by atoms with Gasteiger partial charge in [-0.1, -0.05) is 42.7 Å². The van der Waals surface area contributed by atoms with Crippen LogP contribution in [-0.4, -0.2) is 23.3 Å². The Hall–Kier alpha value is -1.59. The first-order chi connectivity index (χ1) is 9.54. The van der Waals surface area contributed by atoms with Gasteiger partial charge in [-0.25, -0.2) is 0 Å². The summed E-state index contributed by atoms with van der Waals surface area (Å²) >= 11 is 5.97. The molecular weight excluding hydrogens is 276 g/mol. The van der Waals surface area contributed by atoms with Crippen LogP contribution < -0.4 is 10.2 Å². The largest absolute Gasteiger partial charge is 0.407 e. The van der Waals surface area contributed by atoms with E-state index in [1.165, 1.54) is 0 Å². The van der Waals surface area contributed by atoms with Gasteiger partial charge in [-0.2, -0.15) is 0 Å². The summed E-state index contributed by atoms with van der Waals surface area (Å²) in [7, 11) is 1.91. The van der Waals surface area contributed by atoms with E-state index in [0.29, 0.717) is 31.0 Å². The van der Waals surface area contributed by atoms with Crippen LogP contribution in [0.5, 0.6) is 0 Å². The lowest BCUT2D eigenvalue weighted by Crippen LogP contribution is -2.22. The Morgan fingerprint density at radius 1 is 1.35 bits per heavy atom. The molecule has 1 N–H and O–H groups in total. The first kappa shape index (κ1) is 14.8. The Bertz CT molecular complexity index is 556. The van der Waals surface area contributed by atoms with Gasteiger partial charge < -0.3 is 14.6 Å². The van der Waals surface area contributed by atoms with E-state index in [9.17, 15) is 0 Å². The summed E-state index contributed by atoms with van der Waals surface area (Å²) in [5, 5.41) is 12.0. The molecule has 0 unspecified atom stereocenters. The summed E-state index contributed by atoms with van der Waals surface area (Å²) in [4.78, 5) is 1.90. The van der Waals surface area contributed by atoms with E-state index in [0.717, 1.165) is 10.6 Å². The quantitative estimate of drug-likeness (QED) is 0.888. The molecule has 2 aromatic rings.